The molecule has 1 rings (SSSR count). The summed E-state index contributed by atoms with van der Waals surface area (Å²) in [4.78, 5) is 21.8. The number of nitrogens with zero attached hydrogens (tertiary/aromatic N) is 3. The highest BCUT2D eigenvalue weighted by Gasteiger charge is 2.33. The van der Waals surface area contributed by atoms with E-state index in [0.717, 1.165) is 0 Å². The van der Waals surface area contributed by atoms with Gasteiger partial charge in [0.2, 0.25) is 0 Å². The van der Waals surface area contributed by atoms with Crippen LogP contribution < -0.4 is 4.90 Å². The van der Waals surface area contributed by atoms with Crippen LogP contribution in [-0.2, 0) is 4.74 Å². The third-order valence-electron chi connectivity index (χ3n) is 2.07. The van der Waals surface area contributed by atoms with Crippen LogP contribution in [0.1, 0.15) is 41.5 Å². The van der Waals surface area contributed by atoms with E-state index >= 15 is 0 Å². The predicted octanol–water partition coefficient (Wildman–Crippen LogP) is 3.67. The molecule has 0 aliphatic carbocycles. The summed E-state index contributed by atoms with van der Waals surface area (Å²) in [6, 6.07) is 0. The van der Waals surface area contributed by atoms with Gasteiger partial charge in [-0.3, -0.25) is 9.88 Å². The quantitative estimate of drug-likeness (QED) is 0.790. The molecule has 0 aromatic carbocycles. The first-order valence-electron chi connectivity index (χ1n) is 6.01. The molecule has 19 heavy (non-hydrogen) atoms. The van der Waals surface area contributed by atoms with Crippen molar-refractivity contribution in [3.8, 4) is 0 Å². The average molecular weight is 286 g/mol. The maximum atomic E-state index is 12.3. The van der Waals surface area contributed by atoms with E-state index in [1.165, 1.54) is 17.3 Å². The second-order valence-corrected chi connectivity index (χ2v) is 6.57. The number of aromatic nitrogens is 2. The molecule has 0 unspecified atom stereocenters. The Morgan fingerprint density at radius 2 is 1.79 bits per heavy atom. The van der Waals surface area contributed by atoms with Crippen LogP contribution in [0.5, 0.6) is 0 Å². The normalized spacial score (nSPS) is 12.2. The van der Waals surface area contributed by atoms with Gasteiger partial charge in [0.25, 0.3) is 0 Å². The van der Waals surface area contributed by atoms with Crippen LogP contribution in [0.25, 0.3) is 0 Å². The van der Waals surface area contributed by atoms with Gasteiger partial charge in [-0.05, 0) is 41.5 Å². The Bertz CT molecular complexity index is 464. The predicted molar refractivity (Wildman–Crippen MR) is 75.5 cm³/mol. The molecule has 0 saturated carbocycles. The second kappa shape index (κ2) is 5.33. The first kappa shape index (κ1) is 15.7. The zero-order valence-corrected chi connectivity index (χ0v) is 12.9. The topological polar surface area (TPSA) is 55.3 Å². The third kappa shape index (κ3) is 4.67. The van der Waals surface area contributed by atoms with E-state index in [0.29, 0.717) is 5.82 Å². The monoisotopic (exact) mass is 285 g/mol. The molecular weight excluding hydrogens is 266 g/mol. The molecule has 106 valence electrons. The maximum Gasteiger partial charge on any atom is 0.416 e. The Kier molecular flexibility index (Phi) is 4.40. The van der Waals surface area contributed by atoms with Gasteiger partial charge in [0.05, 0.1) is 12.4 Å². The van der Waals surface area contributed by atoms with Crippen LogP contribution in [0.4, 0.5) is 10.6 Å². The SMILES string of the molecule is CC(C)(C)OC(=O)N(c1cncc(Cl)n1)C(C)(C)C. The number of amides is 1. The number of hydrogen-bond donors (Lipinski definition) is 0. The minimum atomic E-state index is -0.577. The molecule has 0 bridgehead atoms. The van der Waals surface area contributed by atoms with Crippen LogP contribution >= 0.6 is 11.6 Å². The highest BCUT2D eigenvalue weighted by molar-refractivity contribution is 6.29. The van der Waals surface area contributed by atoms with E-state index in [9.17, 15) is 4.79 Å². The minimum absolute atomic E-state index is 0.232. The maximum absolute atomic E-state index is 12.3. The van der Waals surface area contributed by atoms with Crippen molar-refractivity contribution in [1.82, 2.24) is 9.97 Å². The van der Waals surface area contributed by atoms with Crippen molar-refractivity contribution in [2.75, 3.05) is 4.90 Å². The highest BCUT2D eigenvalue weighted by atomic mass is 35.5. The van der Waals surface area contributed by atoms with Crippen LogP contribution in [0.15, 0.2) is 12.4 Å². The summed E-state index contributed by atoms with van der Waals surface area (Å²) < 4.78 is 5.40. The Morgan fingerprint density at radius 1 is 1.21 bits per heavy atom. The Hall–Kier alpha value is -1.36. The van der Waals surface area contributed by atoms with E-state index in [-0.39, 0.29) is 5.15 Å². The fourth-order valence-corrected chi connectivity index (χ4v) is 1.60. The summed E-state index contributed by atoms with van der Waals surface area (Å²) in [7, 11) is 0. The molecule has 0 spiro atoms. The van der Waals surface area contributed by atoms with Gasteiger partial charge in [0.1, 0.15) is 10.8 Å². The van der Waals surface area contributed by atoms with Gasteiger partial charge >= 0.3 is 6.09 Å². The smallest absolute Gasteiger partial charge is 0.416 e. The molecule has 0 fully saturated rings. The zero-order chi connectivity index (χ0) is 14.8. The fraction of sp³-hybridized carbons (Fsp3) is 0.615. The van der Waals surface area contributed by atoms with E-state index < -0.39 is 17.2 Å². The van der Waals surface area contributed by atoms with E-state index in [1.54, 1.807) is 0 Å². The lowest BCUT2D eigenvalue weighted by molar-refractivity contribution is 0.0548. The van der Waals surface area contributed by atoms with Gasteiger partial charge in [0.15, 0.2) is 5.82 Å². The molecule has 1 heterocycles. The standard InChI is InChI=1S/C13H20ClN3O2/c1-12(2,3)17(11(18)19-13(4,5)6)10-8-15-7-9(14)16-10/h7-8H,1-6H3. The molecule has 1 aromatic rings. The molecule has 0 aliphatic rings. The van der Waals surface area contributed by atoms with Gasteiger partial charge in [0, 0.05) is 5.54 Å². The highest BCUT2D eigenvalue weighted by Crippen LogP contribution is 2.25. The largest absolute Gasteiger partial charge is 0.443 e. The molecule has 0 radical (unpaired) electrons. The van der Waals surface area contributed by atoms with E-state index in [1.807, 2.05) is 41.5 Å². The van der Waals surface area contributed by atoms with Gasteiger partial charge in [-0.1, -0.05) is 11.6 Å². The minimum Gasteiger partial charge on any atom is -0.443 e. The van der Waals surface area contributed by atoms with Gasteiger partial charge in [-0.25, -0.2) is 9.78 Å². The molecular formula is C13H20ClN3O2. The summed E-state index contributed by atoms with van der Waals surface area (Å²) in [5.74, 6) is 0.370. The number of halogens is 1. The van der Waals surface area contributed by atoms with Crippen molar-refractivity contribution in [3.05, 3.63) is 17.5 Å². The van der Waals surface area contributed by atoms with Crippen molar-refractivity contribution in [2.24, 2.45) is 0 Å². The van der Waals surface area contributed by atoms with Crippen LogP contribution in [0.2, 0.25) is 5.15 Å². The molecule has 0 N–H and O–H groups in total. The van der Waals surface area contributed by atoms with E-state index in [4.69, 9.17) is 16.3 Å². The first-order chi connectivity index (χ1) is 8.50. The summed E-state index contributed by atoms with van der Waals surface area (Å²) in [6.07, 6.45) is 2.43. The van der Waals surface area contributed by atoms with Crippen LogP contribution in [0, 0.1) is 0 Å². The summed E-state index contributed by atoms with van der Waals surface area (Å²) >= 11 is 5.82. The van der Waals surface area contributed by atoms with Crippen molar-refractivity contribution in [2.45, 2.75) is 52.7 Å². The van der Waals surface area contributed by atoms with Crippen molar-refractivity contribution < 1.29 is 9.53 Å². The van der Waals surface area contributed by atoms with Crippen molar-refractivity contribution >= 4 is 23.5 Å². The molecule has 0 saturated heterocycles. The number of rotatable bonds is 1. The van der Waals surface area contributed by atoms with E-state index in [2.05, 4.69) is 9.97 Å². The lowest BCUT2D eigenvalue weighted by Crippen LogP contribution is -2.48. The third-order valence-corrected chi connectivity index (χ3v) is 2.25. The second-order valence-electron chi connectivity index (χ2n) is 6.19. The fourth-order valence-electron chi connectivity index (χ4n) is 1.46. The average Bonchev–Trinajstić information content (AvgIpc) is 2.11. The molecule has 1 aromatic heterocycles. The number of carbonyl (C=O) groups is 1. The summed E-state index contributed by atoms with van der Waals surface area (Å²) in [5.41, 5.74) is -1.08. The zero-order valence-electron chi connectivity index (χ0n) is 12.2. The van der Waals surface area contributed by atoms with Crippen LogP contribution in [-0.4, -0.2) is 27.2 Å². The lowest BCUT2D eigenvalue weighted by atomic mass is 10.1. The van der Waals surface area contributed by atoms with Gasteiger partial charge in [-0.2, -0.15) is 0 Å². The first-order valence-corrected chi connectivity index (χ1v) is 6.39. The number of hydrogen-bond acceptors (Lipinski definition) is 4. The molecule has 0 atom stereocenters. The molecule has 6 heteroatoms. The number of carbonyl (C=O) groups excluding carboxylic acids is 1. The summed E-state index contributed by atoms with van der Waals surface area (Å²) in [5, 5.41) is 0.232. The molecule has 5 nitrogen and oxygen atoms in total. The van der Waals surface area contributed by atoms with Crippen molar-refractivity contribution in [3.63, 3.8) is 0 Å². The van der Waals surface area contributed by atoms with Crippen molar-refractivity contribution in [1.29, 1.82) is 0 Å². The number of ether oxygens (including phenoxy) is 1. The Labute approximate surface area is 118 Å². The summed E-state index contributed by atoms with van der Waals surface area (Å²) in [6.45, 7) is 11.1. The molecule has 1 amide bonds. The lowest BCUT2D eigenvalue weighted by Gasteiger charge is -2.35. The Balaban J connectivity index is 3.13. The molecule has 0 aliphatic heterocycles. The van der Waals surface area contributed by atoms with Crippen LogP contribution in [0.3, 0.4) is 0 Å². The number of anilines is 1. The van der Waals surface area contributed by atoms with Gasteiger partial charge in [-0.15, -0.1) is 0 Å². The Morgan fingerprint density at radius 3 is 2.21 bits per heavy atom. The van der Waals surface area contributed by atoms with Gasteiger partial charge < -0.3 is 4.74 Å².